The van der Waals surface area contributed by atoms with E-state index in [1.54, 1.807) is 0 Å². The molecular weight excluding hydrogens is 293 g/mol. The minimum Gasteiger partial charge on any atom is -0.481 e. The van der Waals surface area contributed by atoms with Gasteiger partial charge in [-0.1, -0.05) is 12.1 Å². The highest BCUT2D eigenvalue weighted by Crippen LogP contribution is 2.29. The number of amides is 2. The predicted molar refractivity (Wildman–Crippen MR) is 67.0 cm³/mol. The van der Waals surface area contributed by atoms with Gasteiger partial charge in [0.25, 0.3) is 0 Å². The van der Waals surface area contributed by atoms with Crippen LogP contribution in [0.15, 0.2) is 24.3 Å². The van der Waals surface area contributed by atoms with Crippen molar-refractivity contribution < 1.29 is 32.6 Å². The summed E-state index contributed by atoms with van der Waals surface area (Å²) in [4.78, 5) is 21.7. The highest BCUT2D eigenvalue weighted by Gasteiger charge is 2.32. The Morgan fingerprint density at radius 3 is 2.52 bits per heavy atom. The first kappa shape index (κ1) is 16.6. The lowest BCUT2D eigenvalue weighted by molar-refractivity contribution is -0.274. The van der Waals surface area contributed by atoms with E-state index >= 15 is 0 Å². The fourth-order valence-corrected chi connectivity index (χ4v) is 1.39. The topological polar surface area (TPSA) is 87.7 Å². The van der Waals surface area contributed by atoms with Crippen LogP contribution >= 0.6 is 0 Å². The van der Waals surface area contributed by atoms with E-state index in [0.717, 1.165) is 6.07 Å². The van der Waals surface area contributed by atoms with Crippen LogP contribution in [0.3, 0.4) is 0 Å². The molecule has 0 radical (unpaired) electrons. The number of halogens is 3. The lowest BCUT2D eigenvalue weighted by Crippen LogP contribution is -2.30. The molecule has 0 unspecified atom stereocenters. The number of hydrogen-bond donors (Lipinski definition) is 3. The van der Waals surface area contributed by atoms with Crippen LogP contribution in [0, 0.1) is 0 Å². The Morgan fingerprint density at radius 2 is 1.90 bits per heavy atom. The number of aliphatic carboxylic acids is 1. The second-order valence-corrected chi connectivity index (χ2v) is 3.92. The number of rotatable bonds is 6. The Morgan fingerprint density at radius 1 is 1.24 bits per heavy atom. The van der Waals surface area contributed by atoms with Crippen LogP contribution < -0.4 is 15.4 Å². The molecule has 0 spiro atoms. The number of benzene rings is 1. The molecular formula is C12H13F3N2O4. The van der Waals surface area contributed by atoms with Gasteiger partial charge < -0.3 is 20.5 Å². The smallest absolute Gasteiger partial charge is 0.481 e. The van der Waals surface area contributed by atoms with Crippen molar-refractivity contribution in [2.45, 2.75) is 19.2 Å². The lowest BCUT2D eigenvalue weighted by atomic mass is 10.3. The molecule has 0 aliphatic rings. The number of alkyl halides is 3. The van der Waals surface area contributed by atoms with Gasteiger partial charge in [-0.25, -0.2) is 4.79 Å². The van der Waals surface area contributed by atoms with Gasteiger partial charge in [-0.15, -0.1) is 13.2 Å². The summed E-state index contributed by atoms with van der Waals surface area (Å²) in [6.45, 7) is 0.0838. The van der Waals surface area contributed by atoms with Crippen molar-refractivity contribution in [1.29, 1.82) is 0 Å². The molecule has 2 amide bonds. The second-order valence-electron chi connectivity index (χ2n) is 3.92. The van der Waals surface area contributed by atoms with Gasteiger partial charge >= 0.3 is 18.4 Å². The highest BCUT2D eigenvalue weighted by atomic mass is 19.4. The number of carbonyl (C=O) groups is 2. The van der Waals surface area contributed by atoms with Crippen molar-refractivity contribution in [3.05, 3.63) is 24.3 Å². The monoisotopic (exact) mass is 306 g/mol. The Balaban J connectivity index is 2.54. The average Bonchev–Trinajstić information content (AvgIpc) is 2.35. The van der Waals surface area contributed by atoms with Gasteiger partial charge in [-0.05, 0) is 18.6 Å². The number of ether oxygens (including phenoxy) is 1. The van der Waals surface area contributed by atoms with E-state index in [1.165, 1.54) is 18.2 Å². The first-order valence-corrected chi connectivity index (χ1v) is 5.89. The highest BCUT2D eigenvalue weighted by molar-refractivity contribution is 5.90. The molecule has 0 heterocycles. The number of urea groups is 1. The van der Waals surface area contributed by atoms with Crippen LogP contribution in [0.4, 0.5) is 23.7 Å². The van der Waals surface area contributed by atoms with Gasteiger partial charge in [0, 0.05) is 13.0 Å². The zero-order chi connectivity index (χ0) is 15.9. The molecule has 0 fully saturated rings. The first-order chi connectivity index (χ1) is 9.78. The molecule has 116 valence electrons. The summed E-state index contributed by atoms with van der Waals surface area (Å²) in [6, 6.07) is 4.32. The van der Waals surface area contributed by atoms with Crippen molar-refractivity contribution in [3.8, 4) is 5.75 Å². The van der Waals surface area contributed by atoms with Crippen LogP contribution in [0.5, 0.6) is 5.75 Å². The maximum Gasteiger partial charge on any atom is 0.573 e. The van der Waals surface area contributed by atoms with E-state index in [4.69, 9.17) is 5.11 Å². The summed E-state index contributed by atoms with van der Waals surface area (Å²) in [5.41, 5.74) is -0.148. The number of carboxylic acid groups (broad SMARTS) is 1. The molecule has 0 saturated carbocycles. The van der Waals surface area contributed by atoms with Gasteiger partial charge in [-0.3, -0.25) is 4.79 Å². The number of carboxylic acids is 1. The normalized spacial score (nSPS) is 10.8. The van der Waals surface area contributed by atoms with E-state index in [-0.39, 0.29) is 25.1 Å². The summed E-state index contributed by atoms with van der Waals surface area (Å²) >= 11 is 0. The number of hydrogen-bond acceptors (Lipinski definition) is 3. The fourth-order valence-electron chi connectivity index (χ4n) is 1.39. The molecule has 0 aliphatic heterocycles. The molecule has 0 aliphatic carbocycles. The Hall–Kier alpha value is -2.45. The SMILES string of the molecule is O=C(O)CCCNC(=O)Nc1ccccc1OC(F)(F)F. The number of carbonyl (C=O) groups excluding carboxylic acids is 1. The zero-order valence-corrected chi connectivity index (χ0v) is 10.7. The molecule has 0 aromatic heterocycles. The summed E-state index contributed by atoms with van der Waals surface area (Å²) < 4.78 is 40.3. The maximum absolute atomic E-state index is 12.2. The Bertz CT molecular complexity index is 506. The van der Waals surface area contributed by atoms with Gasteiger partial charge in [0.1, 0.15) is 0 Å². The molecule has 0 saturated heterocycles. The molecule has 1 aromatic carbocycles. The summed E-state index contributed by atoms with van der Waals surface area (Å²) in [5.74, 6) is -1.54. The minimum absolute atomic E-state index is 0.0838. The quantitative estimate of drug-likeness (QED) is 0.705. The lowest BCUT2D eigenvalue weighted by Gasteiger charge is -2.14. The van der Waals surface area contributed by atoms with Crippen molar-refractivity contribution >= 4 is 17.7 Å². The summed E-state index contributed by atoms with van der Waals surface area (Å²) in [7, 11) is 0. The van der Waals surface area contributed by atoms with E-state index in [0.29, 0.717) is 0 Å². The average molecular weight is 306 g/mol. The van der Waals surface area contributed by atoms with Gasteiger partial charge in [0.2, 0.25) is 0 Å². The summed E-state index contributed by atoms with van der Waals surface area (Å²) in [6.07, 6.45) is -4.77. The van der Waals surface area contributed by atoms with E-state index in [9.17, 15) is 22.8 Å². The molecule has 0 atom stereocenters. The van der Waals surface area contributed by atoms with Gasteiger partial charge in [0.05, 0.1) is 5.69 Å². The zero-order valence-electron chi connectivity index (χ0n) is 10.7. The van der Waals surface area contributed by atoms with E-state index in [2.05, 4.69) is 15.4 Å². The van der Waals surface area contributed by atoms with Crippen molar-refractivity contribution in [2.24, 2.45) is 0 Å². The minimum atomic E-state index is -4.87. The van der Waals surface area contributed by atoms with Crippen molar-refractivity contribution in [2.75, 3.05) is 11.9 Å². The maximum atomic E-state index is 12.2. The van der Waals surface area contributed by atoms with E-state index < -0.39 is 24.1 Å². The largest absolute Gasteiger partial charge is 0.573 e. The molecule has 6 nitrogen and oxygen atoms in total. The number of nitrogens with one attached hydrogen (secondary N) is 2. The Labute approximate surface area is 117 Å². The predicted octanol–water partition coefficient (Wildman–Crippen LogP) is 2.57. The first-order valence-electron chi connectivity index (χ1n) is 5.89. The molecule has 21 heavy (non-hydrogen) atoms. The summed E-state index contributed by atoms with van der Waals surface area (Å²) in [5, 5.41) is 12.9. The molecule has 1 aromatic rings. The third-order valence-corrected chi connectivity index (χ3v) is 2.21. The van der Waals surface area contributed by atoms with Crippen LogP contribution in [0.1, 0.15) is 12.8 Å². The number of para-hydroxylation sites is 2. The van der Waals surface area contributed by atoms with Crippen LogP contribution in [0.25, 0.3) is 0 Å². The second kappa shape index (κ2) is 7.36. The van der Waals surface area contributed by atoms with Crippen molar-refractivity contribution in [3.63, 3.8) is 0 Å². The molecule has 0 bridgehead atoms. The molecule has 9 heteroatoms. The third kappa shape index (κ3) is 7.04. The van der Waals surface area contributed by atoms with Crippen LogP contribution in [-0.2, 0) is 4.79 Å². The number of anilines is 1. The Kier molecular flexibility index (Phi) is 5.82. The molecule has 3 N–H and O–H groups in total. The van der Waals surface area contributed by atoms with Crippen LogP contribution in [0.2, 0.25) is 0 Å². The third-order valence-electron chi connectivity index (χ3n) is 2.21. The van der Waals surface area contributed by atoms with Crippen LogP contribution in [-0.4, -0.2) is 30.0 Å². The molecule has 1 rings (SSSR count). The standard InChI is InChI=1S/C12H13F3N2O4/c13-12(14,15)21-9-5-2-1-4-8(9)17-11(20)16-7-3-6-10(18)19/h1-2,4-5H,3,6-7H2,(H,18,19)(H2,16,17,20). The van der Waals surface area contributed by atoms with Crippen molar-refractivity contribution in [1.82, 2.24) is 5.32 Å². The van der Waals surface area contributed by atoms with Gasteiger partial charge in [0.15, 0.2) is 5.75 Å². The van der Waals surface area contributed by atoms with E-state index in [1.807, 2.05) is 0 Å². The van der Waals surface area contributed by atoms with Gasteiger partial charge in [-0.2, -0.15) is 0 Å². The fraction of sp³-hybridized carbons (Fsp3) is 0.333.